The number of benzene rings is 1. The Morgan fingerprint density at radius 3 is 2.67 bits per heavy atom. The lowest BCUT2D eigenvalue weighted by atomic mass is 10.1. The molecule has 152 valence electrons. The van der Waals surface area contributed by atoms with E-state index < -0.39 is 0 Å². The van der Waals surface area contributed by atoms with Crippen LogP contribution in [0.25, 0.3) is 22.6 Å². The maximum Gasteiger partial charge on any atom is 0.251 e. The second kappa shape index (κ2) is 8.45. The van der Waals surface area contributed by atoms with Crippen molar-refractivity contribution in [2.24, 2.45) is 5.92 Å². The number of hydrogen-bond acceptors (Lipinski definition) is 4. The van der Waals surface area contributed by atoms with Gasteiger partial charge in [-0.1, -0.05) is 32.0 Å². The summed E-state index contributed by atoms with van der Waals surface area (Å²) >= 11 is 0. The number of nitrogens with zero attached hydrogens (tertiary/aromatic N) is 4. The van der Waals surface area contributed by atoms with E-state index in [9.17, 15) is 4.79 Å². The van der Waals surface area contributed by atoms with Gasteiger partial charge in [-0.05, 0) is 48.7 Å². The van der Waals surface area contributed by atoms with E-state index in [2.05, 4.69) is 33.7 Å². The van der Waals surface area contributed by atoms with Crippen molar-refractivity contribution in [2.75, 3.05) is 0 Å². The Labute approximate surface area is 176 Å². The van der Waals surface area contributed by atoms with Crippen molar-refractivity contribution in [3.05, 3.63) is 78.2 Å². The van der Waals surface area contributed by atoms with Gasteiger partial charge in [0.05, 0.1) is 6.04 Å². The summed E-state index contributed by atoms with van der Waals surface area (Å²) < 4.78 is 2.13. The van der Waals surface area contributed by atoms with Gasteiger partial charge in [-0.3, -0.25) is 9.78 Å². The summed E-state index contributed by atoms with van der Waals surface area (Å²) in [4.78, 5) is 26.3. The molecule has 3 heterocycles. The first-order valence-electron chi connectivity index (χ1n) is 10.2. The predicted molar refractivity (Wildman–Crippen MR) is 118 cm³/mol. The van der Waals surface area contributed by atoms with Gasteiger partial charge < -0.3 is 9.88 Å². The molecule has 1 amide bonds. The highest BCUT2D eigenvalue weighted by molar-refractivity contribution is 5.95. The summed E-state index contributed by atoms with van der Waals surface area (Å²) in [7, 11) is 0. The number of amides is 1. The van der Waals surface area contributed by atoms with Crippen LogP contribution in [0, 0.1) is 5.92 Å². The van der Waals surface area contributed by atoms with Gasteiger partial charge in [-0.2, -0.15) is 0 Å². The molecule has 0 bridgehead atoms. The van der Waals surface area contributed by atoms with E-state index in [1.54, 1.807) is 18.6 Å². The van der Waals surface area contributed by atoms with Gasteiger partial charge in [-0.15, -0.1) is 0 Å². The Kier molecular flexibility index (Phi) is 5.57. The second-order valence-corrected chi connectivity index (χ2v) is 7.85. The Morgan fingerprint density at radius 2 is 1.90 bits per heavy atom. The van der Waals surface area contributed by atoms with E-state index in [-0.39, 0.29) is 11.9 Å². The molecule has 6 nitrogen and oxygen atoms in total. The van der Waals surface area contributed by atoms with Gasteiger partial charge in [0.15, 0.2) is 5.65 Å². The third-order valence-electron chi connectivity index (χ3n) is 4.97. The molecule has 0 spiro atoms. The van der Waals surface area contributed by atoms with Crippen molar-refractivity contribution >= 4 is 17.1 Å². The highest BCUT2D eigenvalue weighted by Gasteiger charge is 2.17. The summed E-state index contributed by atoms with van der Waals surface area (Å²) in [5, 5.41) is 3.05. The van der Waals surface area contributed by atoms with Gasteiger partial charge >= 0.3 is 0 Å². The first-order chi connectivity index (χ1) is 14.5. The molecule has 1 aromatic carbocycles. The summed E-state index contributed by atoms with van der Waals surface area (Å²) in [5.41, 5.74) is 4.18. The van der Waals surface area contributed by atoms with Gasteiger partial charge in [0.25, 0.3) is 5.91 Å². The first-order valence-corrected chi connectivity index (χ1v) is 10.2. The molecule has 0 radical (unpaired) electrons. The largest absolute Gasteiger partial charge is 0.345 e. The Bertz CT molecular complexity index is 1170. The number of fused-ring (bicyclic) bond motifs is 1. The smallest absolute Gasteiger partial charge is 0.251 e. The van der Waals surface area contributed by atoms with Crippen LogP contribution in [-0.4, -0.2) is 25.4 Å². The van der Waals surface area contributed by atoms with Crippen LogP contribution in [0.5, 0.6) is 0 Å². The van der Waals surface area contributed by atoms with E-state index in [1.165, 1.54) is 0 Å². The summed E-state index contributed by atoms with van der Waals surface area (Å²) in [6, 6.07) is 15.1. The van der Waals surface area contributed by atoms with Crippen molar-refractivity contribution in [3.63, 3.8) is 0 Å². The van der Waals surface area contributed by atoms with Crippen LogP contribution in [0.2, 0.25) is 0 Å². The second-order valence-electron chi connectivity index (χ2n) is 7.85. The zero-order valence-corrected chi connectivity index (χ0v) is 17.4. The molecule has 0 saturated carbocycles. The lowest BCUT2D eigenvalue weighted by Gasteiger charge is -2.15. The maximum atomic E-state index is 12.9. The molecule has 30 heavy (non-hydrogen) atoms. The summed E-state index contributed by atoms with van der Waals surface area (Å²) in [6.45, 7) is 7.09. The molecule has 0 aliphatic heterocycles. The van der Waals surface area contributed by atoms with Crippen LogP contribution >= 0.6 is 0 Å². The molecule has 4 rings (SSSR count). The fourth-order valence-corrected chi connectivity index (χ4v) is 3.51. The third-order valence-corrected chi connectivity index (χ3v) is 4.97. The number of pyridine rings is 2. The molecule has 0 aliphatic rings. The molecule has 3 aromatic heterocycles. The number of aromatic nitrogens is 4. The number of carbonyl (C=O) groups is 1. The predicted octanol–water partition coefficient (Wildman–Crippen LogP) is 4.64. The maximum absolute atomic E-state index is 12.9. The van der Waals surface area contributed by atoms with Gasteiger partial charge in [-0.25, -0.2) is 9.97 Å². The van der Waals surface area contributed by atoms with Crippen molar-refractivity contribution in [1.29, 1.82) is 0 Å². The summed E-state index contributed by atoms with van der Waals surface area (Å²) in [5.74, 6) is 1.14. The molecule has 0 fully saturated rings. The topological polar surface area (TPSA) is 72.7 Å². The molecule has 0 aliphatic carbocycles. The number of hydrogen-bond donors (Lipinski definition) is 1. The molecule has 0 unspecified atom stereocenters. The average molecular weight is 399 g/mol. The normalized spacial score (nSPS) is 12.3. The van der Waals surface area contributed by atoms with Crippen LogP contribution < -0.4 is 5.32 Å². The average Bonchev–Trinajstić information content (AvgIpc) is 3.12. The Balaban J connectivity index is 1.66. The zero-order chi connectivity index (χ0) is 21.1. The molecule has 4 aromatic rings. The lowest BCUT2D eigenvalue weighted by Crippen LogP contribution is -2.26. The minimum atomic E-state index is -0.135. The summed E-state index contributed by atoms with van der Waals surface area (Å²) in [6.07, 6.45) is 5.27. The third kappa shape index (κ3) is 4.08. The molecular formula is C24H25N5O. The molecule has 1 atom stereocenters. The van der Waals surface area contributed by atoms with Gasteiger partial charge in [0.2, 0.25) is 0 Å². The van der Waals surface area contributed by atoms with E-state index in [4.69, 9.17) is 4.98 Å². The molecule has 6 heteroatoms. The molecule has 0 saturated heterocycles. The number of carbonyl (C=O) groups excluding carboxylic acids is 1. The van der Waals surface area contributed by atoms with E-state index in [0.29, 0.717) is 11.5 Å². The number of imidazole rings is 1. The van der Waals surface area contributed by atoms with E-state index in [1.807, 2.05) is 55.5 Å². The van der Waals surface area contributed by atoms with Crippen LogP contribution in [0.15, 0.2) is 67.1 Å². The SMILES string of the molecule is CC(C)Cn1c(-c2cccc(C(=O)N[C@H](C)c3cccnc3)c2)nc2cccnc21. The minimum absolute atomic E-state index is 0.127. The monoisotopic (exact) mass is 399 g/mol. The van der Waals surface area contributed by atoms with Crippen LogP contribution in [0.4, 0.5) is 0 Å². The van der Waals surface area contributed by atoms with Crippen molar-refractivity contribution < 1.29 is 4.79 Å². The quantitative estimate of drug-likeness (QED) is 0.513. The lowest BCUT2D eigenvalue weighted by molar-refractivity contribution is 0.0940. The fraction of sp³-hybridized carbons (Fsp3) is 0.250. The molecule has 1 N–H and O–H groups in total. The Hall–Kier alpha value is -3.54. The standard InChI is InChI=1S/C24H25N5O/c1-16(2)15-29-22(28-21-10-6-12-26-23(21)29)18-7-4-8-19(13-18)24(30)27-17(3)20-9-5-11-25-14-20/h4-14,16-17H,15H2,1-3H3,(H,27,30)/t17-/m1/s1. The van der Waals surface area contributed by atoms with Crippen molar-refractivity contribution in [3.8, 4) is 11.4 Å². The number of rotatable bonds is 6. The highest BCUT2D eigenvalue weighted by Crippen LogP contribution is 2.25. The van der Waals surface area contributed by atoms with E-state index >= 15 is 0 Å². The number of nitrogens with one attached hydrogen (secondary N) is 1. The van der Waals surface area contributed by atoms with Crippen molar-refractivity contribution in [1.82, 2.24) is 24.8 Å². The van der Waals surface area contributed by atoms with Crippen LogP contribution in [0.3, 0.4) is 0 Å². The minimum Gasteiger partial charge on any atom is -0.345 e. The van der Waals surface area contributed by atoms with Crippen LogP contribution in [0.1, 0.15) is 42.7 Å². The van der Waals surface area contributed by atoms with E-state index in [0.717, 1.165) is 34.7 Å². The highest BCUT2D eigenvalue weighted by atomic mass is 16.1. The van der Waals surface area contributed by atoms with Gasteiger partial charge in [0, 0.05) is 36.3 Å². The van der Waals surface area contributed by atoms with Crippen molar-refractivity contribution in [2.45, 2.75) is 33.4 Å². The first kappa shape index (κ1) is 19.8. The Morgan fingerprint density at radius 1 is 1.07 bits per heavy atom. The van der Waals surface area contributed by atoms with Crippen LogP contribution in [-0.2, 0) is 6.54 Å². The van der Waals surface area contributed by atoms with Gasteiger partial charge in [0.1, 0.15) is 11.3 Å². The fourth-order valence-electron chi connectivity index (χ4n) is 3.51. The zero-order valence-electron chi connectivity index (χ0n) is 17.4. The molecular weight excluding hydrogens is 374 g/mol.